The Balaban J connectivity index is 2.32. The van der Waals surface area contributed by atoms with Crippen LogP contribution in [-0.4, -0.2) is 31.5 Å². The number of phenolic OH excluding ortho intramolecular Hbond substituents is 1. The van der Waals surface area contributed by atoms with Crippen LogP contribution < -0.4 is 10.0 Å². The summed E-state index contributed by atoms with van der Waals surface area (Å²) in [4.78, 5) is 14.5. The van der Waals surface area contributed by atoms with Crippen molar-refractivity contribution in [3.05, 3.63) is 41.2 Å². The summed E-state index contributed by atoms with van der Waals surface area (Å²) < 4.78 is 25.5. The number of amides is 1. The molecule has 1 amide bonds. The number of carbonyl (C=O) groups excluding carboxylic acids is 1. The van der Waals surface area contributed by atoms with Gasteiger partial charge in [-0.15, -0.1) is 0 Å². The molecule has 0 aliphatic rings. The van der Waals surface area contributed by atoms with E-state index in [1.165, 1.54) is 31.4 Å². The maximum atomic E-state index is 11.9. The van der Waals surface area contributed by atoms with Crippen molar-refractivity contribution in [3.63, 3.8) is 0 Å². The topological polar surface area (TPSA) is 111 Å². The smallest absolute Gasteiger partial charge is 0.272 e. The minimum atomic E-state index is -3.68. The number of nitrogens with one attached hydrogen (secondary N) is 3. The molecule has 2 rings (SSSR count). The molecule has 2 aromatic rings. The number of carbonyl (C=O) groups is 1. The number of aromatic nitrogens is 1. The molecular weight excluding hydrogens is 318 g/mol. The van der Waals surface area contributed by atoms with Gasteiger partial charge in [0.05, 0.1) is 15.6 Å². The quantitative estimate of drug-likeness (QED) is 0.637. The Morgan fingerprint density at radius 3 is 2.62 bits per heavy atom. The number of halogens is 1. The second kappa shape index (κ2) is 5.76. The van der Waals surface area contributed by atoms with Gasteiger partial charge in [0.25, 0.3) is 5.91 Å². The molecular formula is C12H12ClN3O4S. The van der Waals surface area contributed by atoms with Crippen LogP contribution in [0.25, 0.3) is 0 Å². The first-order valence-electron chi connectivity index (χ1n) is 5.75. The fourth-order valence-corrected chi connectivity index (χ4v) is 2.51. The van der Waals surface area contributed by atoms with Crippen molar-refractivity contribution in [2.24, 2.45) is 0 Å². The first-order chi connectivity index (χ1) is 9.83. The van der Waals surface area contributed by atoms with Crippen molar-refractivity contribution in [1.29, 1.82) is 0 Å². The molecule has 112 valence electrons. The lowest BCUT2D eigenvalue weighted by Gasteiger charge is -2.09. The molecule has 0 fully saturated rings. The molecule has 0 atom stereocenters. The lowest BCUT2D eigenvalue weighted by Crippen LogP contribution is -2.19. The number of hydrogen-bond donors (Lipinski definition) is 4. The average Bonchev–Trinajstić information content (AvgIpc) is 2.87. The molecule has 9 heteroatoms. The Labute approximate surface area is 126 Å². The number of sulfonamides is 1. The van der Waals surface area contributed by atoms with E-state index in [1.807, 2.05) is 0 Å². The first-order valence-corrected chi connectivity index (χ1v) is 7.61. The molecule has 0 aliphatic heterocycles. The summed E-state index contributed by atoms with van der Waals surface area (Å²) in [5, 5.41) is 12.5. The van der Waals surface area contributed by atoms with Gasteiger partial charge in [-0.3, -0.25) is 4.79 Å². The van der Waals surface area contributed by atoms with E-state index in [0.29, 0.717) is 5.02 Å². The highest BCUT2D eigenvalue weighted by Gasteiger charge is 2.16. The molecule has 1 heterocycles. The number of rotatable bonds is 4. The van der Waals surface area contributed by atoms with Crippen LogP contribution in [-0.2, 0) is 10.0 Å². The number of aromatic hydroxyl groups is 1. The lowest BCUT2D eigenvalue weighted by atomic mass is 10.3. The van der Waals surface area contributed by atoms with Gasteiger partial charge in [-0.1, -0.05) is 11.6 Å². The predicted molar refractivity (Wildman–Crippen MR) is 78.1 cm³/mol. The third kappa shape index (κ3) is 3.35. The molecule has 0 spiro atoms. The number of H-pyrrole nitrogens is 1. The number of aromatic amines is 1. The summed E-state index contributed by atoms with van der Waals surface area (Å²) in [6.07, 6.45) is 1.43. The molecule has 0 saturated carbocycles. The zero-order chi connectivity index (χ0) is 15.6. The zero-order valence-electron chi connectivity index (χ0n) is 10.8. The lowest BCUT2D eigenvalue weighted by molar-refractivity contribution is 0.102. The SMILES string of the molecule is CNS(=O)(=O)c1ccc(O)c(NC(=O)c2cc(Cl)c[nH]2)c1. The number of phenols is 1. The average molecular weight is 330 g/mol. The van der Waals surface area contributed by atoms with E-state index < -0.39 is 15.9 Å². The van der Waals surface area contributed by atoms with E-state index in [0.717, 1.165) is 6.07 Å². The van der Waals surface area contributed by atoms with Crippen molar-refractivity contribution < 1.29 is 18.3 Å². The van der Waals surface area contributed by atoms with Crippen LogP contribution >= 0.6 is 11.6 Å². The van der Waals surface area contributed by atoms with Crippen LogP contribution in [0, 0.1) is 0 Å². The highest BCUT2D eigenvalue weighted by Crippen LogP contribution is 2.26. The second-order valence-electron chi connectivity index (χ2n) is 4.07. The standard InChI is InChI=1S/C12H12ClN3O4S/c1-14-21(19,20)8-2-3-11(17)9(5-8)16-12(18)10-4-7(13)6-15-10/h2-6,14-15,17H,1H3,(H,16,18). The summed E-state index contributed by atoms with van der Waals surface area (Å²) in [5.41, 5.74) is 0.156. The summed E-state index contributed by atoms with van der Waals surface area (Å²) >= 11 is 5.69. The van der Waals surface area contributed by atoms with Gasteiger partial charge in [-0.2, -0.15) is 0 Å². The monoisotopic (exact) mass is 329 g/mol. The molecule has 4 N–H and O–H groups in total. The fourth-order valence-electron chi connectivity index (χ4n) is 1.59. The first kappa shape index (κ1) is 15.4. The summed E-state index contributed by atoms with van der Waals surface area (Å²) in [6.45, 7) is 0. The van der Waals surface area contributed by atoms with E-state index in [1.54, 1.807) is 0 Å². The molecule has 1 aromatic carbocycles. The Hall–Kier alpha value is -2.03. The fraction of sp³-hybridized carbons (Fsp3) is 0.0833. The van der Waals surface area contributed by atoms with Crippen LogP contribution in [0.2, 0.25) is 5.02 Å². The van der Waals surface area contributed by atoms with Gasteiger partial charge >= 0.3 is 0 Å². The molecule has 1 aromatic heterocycles. The Kier molecular flexibility index (Phi) is 4.21. The van der Waals surface area contributed by atoms with Gasteiger partial charge in [0.2, 0.25) is 10.0 Å². The normalized spacial score (nSPS) is 11.3. The van der Waals surface area contributed by atoms with Gasteiger partial charge in [-0.25, -0.2) is 13.1 Å². The van der Waals surface area contributed by atoms with E-state index >= 15 is 0 Å². The molecule has 0 saturated heterocycles. The minimum Gasteiger partial charge on any atom is -0.506 e. The summed E-state index contributed by atoms with van der Waals surface area (Å²) in [7, 11) is -2.41. The van der Waals surface area contributed by atoms with Gasteiger partial charge in [0, 0.05) is 6.20 Å². The van der Waals surface area contributed by atoms with E-state index in [4.69, 9.17) is 11.6 Å². The van der Waals surface area contributed by atoms with Gasteiger partial charge in [0.1, 0.15) is 11.4 Å². The Morgan fingerprint density at radius 2 is 2.05 bits per heavy atom. The molecule has 7 nitrogen and oxygen atoms in total. The van der Waals surface area contributed by atoms with Gasteiger partial charge in [-0.05, 0) is 31.3 Å². The molecule has 0 aliphatic carbocycles. The summed E-state index contributed by atoms with van der Waals surface area (Å²) in [5.74, 6) is -0.813. The van der Waals surface area contributed by atoms with Crippen molar-refractivity contribution in [1.82, 2.24) is 9.71 Å². The van der Waals surface area contributed by atoms with Crippen molar-refractivity contribution in [2.75, 3.05) is 12.4 Å². The van der Waals surface area contributed by atoms with Crippen molar-refractivity contribution in [2.45, 2.75) is 4.90 Å². The largest absolute Gasteiger partial charge is 0.506 e. The molecule has 21 heavy (non-hydrogen) atoms. The van der Waals surface area contributed by atoms with Crippen LogP contribution in [0.5, 0.6) is 5.75 Å². The van der Waals surface area contributed by atoms with Crippen molar-refractivity contribution >= 4 is 33.2 Å². The zero-order valence-corrected chi connectivity index (χ0v) is 12.4. The maximum Gasteiger partial charge on any atom is 0.272 e. The van der Waals surface area contributed by atoms with Crippen LogP contribution in [0.4, 0.5) is 5.69 Å². The Morgan fingerprint density at radius 1 is 1.33 bits per heavy atom. The molecule has 0 bridgehead atoms. The van der Waals surface area contributed by atoms with Crippen LogP contribution in [0.15, 0.2) is 35.4 Å². The number of benzene rings is 1. The Bertz CT molecular complexity index is 786. The van der Waals surface area contributed by atoms with Crippen LogP contribution in [0.3, 0.4) is 0 Å². The van der Waals surface area contributed by atoms with Gasteiger partial charge in [0.15, 0.2) is 0 Å². The predicted octanol–water partition coefficient (Wildman–Crippen LogP) is 1.53. The van der Waals surface area contributed by atoms with Crippen LogP contribution in [0.1, 0.15) is 10.5 Å². The highest BCUT2D eigenvalue weighted by atomic mass is 35.5. The van der Waals surface area contributed by atoms with E-state index in [2.05, 4.69) is 15.0 Å². The number of hydrogen-bond acceptors (Lipinski definition) is 4. The minimum absolute atomic E-state index is 0.0259. The third-order valence-corrected chi connectivity index (χ3v) is 4.32. The maximum absolute atomic E-state index is 11.9. The molecule has 0 unspecified atom stereocenters. The summed E-state index contributed by atoms with van der Waals surface area (Å²) in [6, 6.07) is 4.97. The highest BCUT2D eigenvalue weighted by molar-refractivity contribution is 7.89. The second-order valence-corrected chi connectivity index (χ2v) is 6.40. The van der Waals surface area contributed by atoms with E-state index in [-0.39, 0.29) is 22.0 Å². The van der Waals surface area contributed by atoms with E-state index in [9.17, 15) is 18.3 Å². The third-order valence-electron chi connectivity index (χ3n) is 2.69. The molecule has 0 radical (unpaired) electrons. The van der Waals surface area contributed by atoms with Crippen molar-refractivity contribution in [3.8, 4) is 5.75 Å². The number of anilines is 1. The van der Waals surface area contributed by atoms with Gasteiger partial charge < -0.3 is 15.4 Å².